The molecule has 1 aromatic carbocycles. The third-order valence-electron chi connectivity index (χ3n) is 3.22. The summed E-state index contributed by atoms with van der Waals surface area (Å²) in [6.45, 7) is 3.42. The average molecular weight is 289 g/mol. The number of carbonyl (C=O) groups excluding carboxylic acids is 1. The smallest absolute Gasteiger partial charge is 0.287 e. The van der Waals surface area contributed by atoms with Crippen LogP contribution < -0.4 is 5.32 Å². The van der Waals surface area contributed by atoms with Crippen LogP contribution in [0.5, 0.6) is 0 Å². The molecule has 3 rings (SSSR count). The molecule has 2 N–H and O–H groups in total. The number of H-pyrrole nitrogens is 1. The molecule has 0 spiro atoms. The van der Waals surface area contributed by atoms with Crippen molar-refractivity contribution in [2.75, 3.05) is 0 Å². The van der Waals surface area contributed by atoms with Crippen LogP contribution in [0.1, 0.15) is 34.9 Å². The Balaban J connectivity index is 1.91. The number of nitrogens with zero attached hydrogens (tertiary/aromatic N) is 3. The van der Waals surface area contributed by atoms with E-state index in [1.165, 1.54) is 6.07 Å². The second-order valence-corrected chi connectivity index (χ2v) is 4.64. The second kappa shape index (κ2) is 4.97. The third kappa shape index (κ3) is 2.24. The summed E-state index contributed by atoms with van der Waals surface area (Å²) in [5.74, 6) is -0.532. The van der Waals surface area contributed by atoms with Crippen molar-refractivity contribution in [3.05, 3.63) is 41.2 Å². The Kier molecular flexibility index (Phi) is 3.13. The molecule has 0 saturated heterocycles. The number of hydrogen-bond donors (Lipinski definition) is 2. The van der Waals surface area contributed by atoms with E-state index in [0.29, 0.717) is 16.8 Å². The van der Waals surface area contributed by atoms with Crippen molar-refractivity contribution in [2.24, 2.45) is 0 Å². The van der Waals surface area contributed by atoms with Gasteiger partial charge in [0.25, 0.3) is 5.91 Å². The average Bonchev–Trinajstić information content (AvgIpc) is 3.08. The number of para-hydroxylation sites is 1. The van der Waals surface area contributed by atoms with Crippen LogP contribution >= 0.6 is 0 Å². The predicted octanol–water partition coefficient (Wildman–Crippen LogP) is 1.88. The number of fused-ring (bicyclic) bond motifs is 1. The minimum atomic E-state index is -0.499. The van der Waals surface area contributed by atoms with Crippen LogP contribution in [0.3, 0.4) is 0 Å². The number of halogens is 1. The molecule has 0 aliphatic heterocycles. The number of carbonyl (C=O) groups is 1. The summed E-state index contributed by atoms with van der Waals surface area (Å²) >= 11 is 0. The molecule has 0 aliphatic rings. The molecule has 0 aliphatic carbocycles. The Morgan fingerprint density at radius 2 is 2.29 bits per heavy atom. The maximum Gasteiger partial charge on any atom is 0.287 e. The number of tetrazole rings is 1. The van der Waals surface area contributed by atoms with Crippen molar-refractivity contribution in [1.29, 1.82) is 0 Å². The van der Waals surface area contributed by atoms with E-state index >= 15 is 0 Å². The van der Waals surface area contributed by atoms with Crippen molar-refractivity contribution >= 4 is 16.9 Å². The zero-order valence-electron chi connectivity index (χ0n) is 11.3. The molecular formula is C13H12FN5O2. The molecule has 8 heteroatoms. The van der Waals surface area contributed by atoms with Gasteiger partial charge in [-0.05, 0) is 19.9 Å². The number of hydrogen-bond acceptors (Lipinski definition) is 5. The van der Waals surface area contributed by atoms with Crippen LogP contribution in [-0.4, -0.2) is 26.5 Å². The number of rotatable bonds is 3. The number of aromatic nitrogens is 4. The van der Waals surface area contributed by atoms with E-state index in [2.05, 4.69) is 25.9 Å². The molecule has 0 radical (unpaired) electrons. The molecule has 1 amide bonds. The quantitative estimate of drug-likeness (QED) is 0.767. The van der Waals surface area contributed by atoms with E-state index in [1.54, 1.807) is 26.0 Å². The van der Waals surface area contributed by atoms with Crippen LogP contribution in [-0.2, 0) is 0 Å². The van der Waals surface area contributed by atoms with Gasteiger partial charge in [-0.3, -0.25) is 4.79 Å². The maximum atomic E-state index is 13.7. The fourth-order valence-electron chi connectivity index (χ4n) is 2.11. The van der Waals surface area contributed by atoms with Gasteiger partial charge in [-0.1, -0.05) is 17.3 Å². The van der Waals surface area contributed by atoms with E-state index < -0.39 is 17.8 Å². The molecule has 108 valence electrons. The summed E-state index contributed by atoms with van der Waals surface area (Å²) in [5, 5.41) is 16.6. The summed E-state index contributed by atoms with van der Waals surface area (Å²) in [6.07, 6.45) is 0. The monoisotopic (exact) mass is 289 g/mol. The highest BCUT2D eigenvalue weighted by Crippen LogP contribution is 2.27. The van der Waals surface area contributed by atoms with Gasteiger partial charge in [-0.2, -0.15) is 5.21 Å². The van der Waals surface area contributed by atoms with E-state index in [1.807, 2.05) is 0 Å². The van der Waals surface area contributed by atoms with Gasteiger partial charge in [0.2, 0.25) is 0 Å². The first-order valence-electron chi connectivity index (χ1n) is 6.29. The number of furan rings is 1. The Bertz CT molecular complexity index is 796. The van der Waals surface area contributed by atoms with Crippen LogP contribution in [0.4, 0.5) is 4.39 Å². The molecule has 2 heterocycles. The molecular weight excluding hydrogens is 277 g/mol. The first kappa shape index (κ1) is 13.2. The van der Waals surface area contributed by atoms with Gasteiger partial charge in [0.05, 0.1) is 6.04 Å². The molecule has 7 nitrogen and oxygen atoms in total. The Labute approximate surface area is 118 Å². The van der Waals surface area contributed by atoms with Crippen LogP contribution in [0.25, 0.3) is 11.0 Å². The summed E-state index contributed by atoms with van der Waals surface area (Å²) in [7, 11) is 0. The first-order chi connectivity index (χ1) is 10.1. The van der Waals surface area contributed by atoms with Gasteiger partial charge in [-0.15, -0.1) is 10.2 Å². The van der Waals surface area contributed by atoms with E-state index in [9.17, 15) is 9.18 Å². The number of amides is 1. The van der Waals surface area contributed by atoms with Gasteiger partial charge in [0, 0.05) is 10.9 Å². The maximum absolute atomic E-state index is 13.7. The number of aromatic amines is 1. The number of nitrogens with one attached hydrogen (secondary N) is 2. The number of benzene rings is 1. The highest BCUT2D eigenvalue weighted by atomic mass is 19.1. The zero-order chi connectivity index (χ0) is 15.0. The summed E-state index contributed by atoms with van der Waals surface area (Å²) < 4.78 is 19.0. The van der Waals surface area contributed by atoms with Crippen LogP contribution in [0.2, 0.25) is 0 Å². The first-order valence-corrected chi connectivity index (χ1v) is 6.29. The van der Waals surface area contributed by atoms with Gasteiger partial charge in [0.1, 0.15) is 0 Å². The van der Waals surface area contributed by atoms with Gasteiger partial charge >= 0.3 is 0 Å². The molecule has 1 atom stereocenters. The molecule has 0 saturated carbocycles. The highest BCUT2D eigenvalue weighted by Gasteiger charge is 2.22. The summed E-state index contributed by atoms with van der Waals surface area (Å²) in [6, 6.07) is 4.11. The van der Waals surface area contributed by atoms with Crippen LogP contribution in [0, 0.1) is 12.7 Å². The molecule has 0 fully saturated rings. The van der Waals surface area contributed by atoms with Crippen molar-refractivity contribution in [1.82, 2.24) is 25.9 Å². The molecule has 1 unspecified atom stereocenters. The van der Waals surface area contributed by atoms with E-state index in [0.717, 1.165) is 0 Å². The van der Waals surface area contributed by atoms with Crippen LogP contribution in [0.15, 0.2) is 22.6 Å². The fourth-order valence-corrected chi connectivity index (χ4v) is 2.11. The largest absolute Gasteiger partial charge is 0.448 e. The van der Waals surface area contributed by atoms with Crippen molar-refractivity contribution in [2.45, 2.75) is 19.9 Å². The van der Waals surface area contributed by atoms with E-state index in [-0.39, 0.29) is 11.3 Å². The Morgan fingerprint density at radius 3 is 2.95 bits per heavy atom. The van der Waals surface area contributed by atoms with Crippen molar-refractivity contribution in [3.8, 4) is 0 Å². The fraction of sp³-hybridized carbons (Fsp3) is 0.231. The lowest BCUT2D eigenvalue weighted by molar-refractivity contribution is 0.0911. The predicted molar refractivity (Wildman–Crippen MR) is 71.0 cm³/mol. The van der Waals surface area contributed by atoms with Crippen molar-refractivity contribution in [3.63, 3.8) is 0 Å². The normalized spacial score (nSPS) is 12.5. The van der Waals surface area contributed by atoms with Gasteiger partial charge in [0.15, 0.2) is 23.0 Å². The Morgan fingerprint density at radius 1 is 1.48 bits per heavy atom. The van der Waals surface area contributed by atoms with Gasteiger partial charge in [-0.25, -0.2) is 4.39 Å². The lowest BCUT2D eigenvalue weighted by Gasteiger charge is -2.08. The highest BCUT2D eigenvalue weighted by molar-refractivity contribution is 5.99. The van der Waals surface area contributed by atoms with Crippen molar-refractivity contribution < 1.29 is 13.6 Å². The molecule has 21 heavy (non-hydrogen) atoms. The standard InChI is InChI=1S/C13H12FN5O2/c1-6-8-4-3-5-9(14)11(8)21-10(6)13(20)15-7(2)12-16-18-19-17-12/h3-5,7H,1-2H3,(H,15,20)(H,16,17,18,19). The zero-order valence-corrected chi connectivity index (χ0v) is 11.3. The minimum Gasteiger partial charge on any atom is -0.448 e. The SMILES string of the molecule is Cc1c(C(=O)NC(C)c2nn[nH]n2)oc2c(F)cccc12. The lowest BCUT2D eigenvalue weighted by Crippen LogP contribution is -2.27. The lowest BCUT2D eigenvalue weighted by atomic mass is 10.1. The molecule has 2 aromatic heterocycles. The minimum absolute atomic E-state index is 0.0745. The number of aryl methyl sites for hydroxylation is 1. The van der Waals surface area contributed by atoms with Gasteiger partial charge < -0.3 is 9.73 Å². The molecule has 0 bridgehead atoms. The Hall–Kier alpha value is -2.77. The topological polar surface area (TPSA) is 96.7 Å². The third-order valence-corrected chi connectivity index (χ3v) is 3.22. The molecule has 3 aromatic rings. The van der Waals surface area contributed by atoms with E-state index in [4.69, 9.17) is 4.42 Å². The summed E-state index contributed by atoms with van der Waals surface area (Å²) in [4.78, 5) is 12.2. The second-order valence-electron chi connectivity index (χ2n) is 4.64. The summed E-state index contributed by atoms with van der Waals surface area (Å²) in [5.41, 5.74) is 0.662.